The molecular weight excluding hydrogens is 385 g/mol. The van der Waals surface area contributed by atoms with Crippen molar-refractivity contribution in [3.63, 3.8) is 0 Å². The summed E-state index contributed by atoms with van der Waals surface area (Å²) in [6, 6.07) is 12.7. The lowest BCUT2D eigenvalue weighted by molar-refractivity contribution is 0.0600. The summed E-state index contributed by atoms with van der Waals surface area (Å²) in [4.78, 5) is 28.0. The van der Waals surface area contributed by atoms with Gasteiger partial charge in [0, 0.05) is 31.9 Å². The van der Waals surface area contributed by atoms with Gasteiger partial charge in [0.25, 0.3) is 0 Å². The van der Waals surface area contributed by atoms with Gasteiger partial charge in [0.15, 0.2) is 0 Å². The van der Waals surface area contributed by atoms with Crippen LogP contribution in [0.25, 0.3) is 0 Å². The van der Waals surface area contributed by atoms with Crippen molar-refractivity contribution in [1.29, 1.82) is 0 Å². The first-order valence-electron chi connectivity index (χ1n) is 8.78. The minimum Gasteiger partial charge on any atom is -0.465 e. The van der Waals surface area contributed by atoms with E-state index in [1.807, 2.05) is 0 Å². The zero-order valence-electron chi connectivity index (χ0n) is 15.6. The molecule has 3 rings (SSSR count). The van der Waals surface area contributed by atoms with Gasteiger partial charge in [0.05, 0.1) is 19.2 Å². The van der Waals surface area contributed by atoms with Gasteiger partial charge >= 0.3 is 12.0 Å². The van der Waals surface area contributed by atoms with Crippen LogP contribution in [0.2, 0.25) is 0 Å². The number of carbonyl (C=O) groups excluding carboxylic acids is 2. The number of anilines is 1. The Balaban J connectivity index is 0.00000280. The smallest absolute Gasteiger partial charge is 0.337 e. The number of benzene rings is 2. The highest BCUT2D eigenvalue weighted by Gasteiger charge is 2.24. The highest BCUT2D eigenvalue weighted by molar-refractivity contribution is 5.92. The van der Waals surface area contributed by atoms with Gasteiger partial charge in [-0.25, -0.2) is 14.0 Å². The van der Waals surface area contributed by atoms with Crippen molar-refractivity contribution in [1.82, 2.24) is 10.2 Å². The third-order valence-electron chi connectivity index (χ3n) is 4.45. The maximum Gasteiger partial charge on any atom is 0.337 e. The van der Waals surface area contributed by atoms with Crippen LogP contribution in [0.15, 0.2) is 48.5 Å². The van der Waals surface area contributed by atoms with E-state index in [1.165, 1.54) is 19.2 Å². The Kier molecular flexibility index (Phi) is 7.78. The lowest BCUT2D eigenvalue weighted by Gasteiger charge is -2.33. The van der Waals surface area contributed by atoms with E-state index in [-0.39, 0.29) is 25.0 Å². The maximum absolute atomic E-state index is 13.7. The van der Waals surface area contributed by atoms with Crippen LogP contribution in [0.3, 0.4) is 0 Å². The number of hydrogen-bond acceptors (Lipinski definition) is 4. The number of esters is 1. The van der Waals surface area contributed by atoms with Crippen molar-refractivity contribution in [3.8, 4) is 0 Å². The van der Waals surface area contributed by atoms with Crippen LogP contribution in [-0.4, -0.2) is 50.2 Å². The van der Waals surface area contributed by atoms with Gasteiger partial charge in [0.1, 0.15) is 5.82 Å². The molecule has 0 saturated carbocycles. The first-order chi connectivity index (χ1) is 13.1. The second-order valence-electron chi connectivity index (χ2n) is 6.27. The summed E-state index contributed by atoms with van der Waals surface area (Å²) >= 11 is 0. The normalized spacial score (nSPS) is 13.4. The third-order valence-corrected chi connectivity index (χ3v) is 4.45. The molecule has 1 fully saturated rings. The van der Waals surface area contributed by atoms with E-state index < -0.39 is 11.8 Å². The number of nitrogens with zero attached hydrogens (tertiary/aromatic N) is 2. The van der Waals surface area contributed by atoms with E-state index in [4.69, 9.17) is 4.74 Å². The number of nitrogens with one attached hydrogen (secondary N) is 1. The van der Waals surface area contributed by atoms with Gasteiger partial charge in [-0.3, -0.25) is 4.90 Å². The van der Waals surface area contributed by atoms with Gasteiger partial charge in [0.2, 0.25) is 0 Å². The number of carbonyl (C=O) groups is 2. The van der Waals surface area contributed by atoms with E-state index >= 15 is 0 Å². The molecule has 0 unspecified atom stereocenters. The number of piperazine rings is 1. The zero-order chi connectivity index (χ0) is 19.2. The van der Waals surface area contributed by atoms with Crippen molar-refractivity contribution >= 4 is 30.1 Å². The summed E-state index contributed by atoms with van der Waals surface area (Å²) in [7, 11) is 1.33. The topological polar surface area (TPSA) is 61.9 Å². The molecule has 8 heteroatoms. The molecule has 28 heavy (non-hydrogen) atoms. The highest BCUT2D eigenvalue weighted by atomic mass is 35.5. The minimum absolute atomic E-state index is 0. The first kappa shape index (κ1) is 21.7. The molecule has 2 aromatic rings. The predicted molar refractivity (Wildman–Crippen MR) is 107 cm³/mol. The fraction of sp³-hybridized carbons (Fsp3) is 0.300. The molecule has 1 N–H and O–H groups in total. The summed E-state index contributed by atoms with van der Waals surface area (Å²) in [6.07, 6.45) is 0. The molecule has 0 bridgehead atoms. The van der Waals surface area contributed by atoms with Crippen molar-refractivity contribution in [2.45, 2.75) is 6.54 Å². The molecule has 0 aliphatic carbocycles. The van der Waals surface area contributed by atoms with Gasteiger partial charge in [-0.05, 0) is 35.9 Å². The second kappa shape index (κ2) is 10.1. The fourth-order valence-electron chi connectivity index (χ4n) is 2.99. The zero-order valence-corrected chi connectivity index (χ0v) is 16.4. The number of urea groups is 1. The van der Waals surface area contributed by atoms with Crippen LogP contribution >= 0.6 is 12.4 Å². The van der Waals surface area contributed by atoms with Gasteiger partial charge < -0.3 is 15.0 Å². The van der Waals surface area contributed by atoms with Gasteiger partial charge in [-0.15, -0.1) is 12.4 Å². The van der Waals surface area contributed by atoms with E-state index in [9.17, 15) is 14.0 Å². The number of hydrogen-bond donors (Lipinski definition) is 1. The van der Waals surface area contributed by atoms with Gasteiger partial charge in [-0.2, -0.15) is 0 Å². The Morgan fingerprint density at radius 1 is 1.14 bits per heavy atom. The standard InChI is InChI=1S/C20H22FN3O3.ClH/c1-27-19(25)16-7-5-15(6-8-16)14-24(18-4-2-3-17(21)13-18)20(26)23-11-9-22-10-12-23;/h2-8,13,22H,9-12,14H2,1H3;1H. The minimum atomic E-state index is -0.416. The largest absolute Gasteiger partial charge is 0.465 e. The van der Waals surface area contributed by atoms with Crippen LogP contribution in [-0.2, 0) is 11.3 Å². The average Bonchev–Trinajstić information content (AvgIpc) is 2.72. The Morgan fingerprint density at radius 3 is 2.43 bits per heavy atom. The summed E-state index contributed by atoms with van der Waals surface area (Å²) in [5, 5.41) is 3.21. The van der Waals surface area contributed by atoms with Gasteiger partial charge in [-0.1, -0.05) is 18.2 Å². The Hall–Kier alpha value is -2.64. The van der Waals surface area contributed by atoms with Crippen molar-refractivity contribution in [3.05, 3.63) is 65.5 Å². The molecule has 2 aromatic carbocycles. The van der Waals surface area contributed by atoms with Crippen molar-refractivity contribution in [2.75, 3.05) is 38.2 Å². The van der Waals surface area contributed by atoms with Crippen LogP contribution < -0.4 is 10.2 Å². The van der Waals surface area contributed by atoms with E-state index in [2.05, 4.69) is 5.32 Å². The number of halogens is 2. The summed E-state index contributed by atoms with van der Waals surface area (Å²) in [5.74, 6) is -0.813. The number of amides is 2. The fourth-order valence-corrected chi connectivity index (χ4v) is 2.99. The molecule has 1 heterocycles. The second-order valence-corrected chi connectivity index (χ2v) is 6.27. The highest BCUT2D eigenvalue weighted by Crippen LogP contribution is 2.21. The maximum atomic E-state index is 13.7. The molecule has 0 spiro atoms. The third kappa shape index (κ3) is 5.21. The molecular formula is C20H23ClFN3O3. The molecule has 1 aliphatic heterocycles. The first-order valence-corrected chi connectivity index (χ1v) is 8.78. The monoisotopic (exact) mass is 407 g/mol. The molecule has 1 saturated heterocycles. The van der Waals surface area contributed by atoms with Crippen LogP contribution in [0.1, 0.15) is 15.9 Å². The summed E-state index contributed by atoms with van der Waals surface area (Å²) < 4.78 is 18.4. The Bertz CT molecular complexity index is 811. The number of rotatable bonds is 4. The van der Waals surface area contributed by atoms with Crippen molar-refractivity contribution < 1.29 is 18.7 Å². The SMILES string of the molecule is COC(=O)c1ccc(CN(C(=O)N2CCNCC2)c2cccc(F)c2)cc1.Cl. The quantitative estimate of drug-likeness (QED) is 0.791. The predicted octanol–water partition coefficient (Wildman–Crippen LogP) is 3.07. The number of ether oxygens (including phenoxy) is 1. The molecule has 2 amide bonds. The molecule has 1 aliphatic rings. The summed E-state index contributed by atoms with van der Waals surface area (Å²) in [5.41, 5.74) is 1.76. The Morgan fingerprint density at radius 2 is 1.82 bits per heavy atom. The van der Waals surface area contributed by atoms with Crippen LogP contribution in [0.5, 0.6) is 0 Å². The van der Waals surface area contributed by atoms with Crippen LogP contribution in [0, 0.1) is 5.82 Å². The number of methoxy groups -OCH3 is 1. The molecule has 0 atom stereocenters. The average molecular weight is 408 g/mol. The molecule has 0 radical (unpaired) electrons. The lowest BCUT2D eigenvalue weighted by Crippen LogP contribution is -2.51. The van der Waals surface area contributed by atoms with Crippen LogP contribution in [0.4, 0.5) is 14.9 Å². The lowest BCUT2D eigenvalue weighted by atomic mass is 10.1. The summed E-state index contributed by atoms with van der Waals surface area (Å²) in [6.45, 7) is 2.94. The molecule has 150 valence electrons. The molecule has 0 aromatic heterocycles. The van der Waals surface area contributed by atoms with E-state index in [0.717, 1.165) is 18.7 Å². The van der Waals surface area contributed by atoms with E-state index in [1.54, 1.807) is 46.2 Å². The van der Waals surface area contributed by atoms with Crippen molar-refractivity contribution in [2.24, 2.45) is 0 Å². The Labute approximate surface area is 169 Å². The molecule has 6 nitrogen and oxygen atoms in total. The van der Waals surface area contributed by atoms with E-state index in [0.29, 0.717) is 24.3 Å².